The zero-order valence-corrected chi connectivity index (χ0v) is 13.8. The normalized spacial score (nSPS) is 18.7. The number of pyridine rings is 1. The summed E-state index contributed by atoms with van der Waals surface area (Å²) < 4.78 is 43.1. The lowest BCUT2D eigenvalue weighted by molar-refractivity contribution is -0.134. The lowest BCUT2D eigenvalue weighted by Gasteiger charge is -2.32. The molecule has 130 valence electrons. The van der Waals surface area contributed by atoms with E-state index in [2.05, 4.69) is 20.2 Å². The van der Waals surface area contributed by atoms with E-state index in [1.165, 1.54) is 0 Å². The van der Waals surface area contributed by atoms with Gasteiger partial charge in [-0.3, -0.25) is 0 Å². The van der Waals surface area contributed by atoms with Gasteiger partial charge in [-0.25, -0.2) is 9.97 Å². The topological polar surface area (TPSA) is 50.3 Å². The molecule has 1 fully saturated rings. The summed E-state index contributed by atoms with van der Waals surface area (Å²) in [6.45, 7) is 4.67. The number of hydrogen-bond donors (Lipinski definition) is 1. The molecule has 0 bridgehead atoms. The standard InChI is InChI=1S/C15H17F3N4OS/c1-10-9-22(4-5-23-10)13-3-2-11(6-19-13)7-20-14-21-8-12(24-14)15(16,17)18/h2-3,6,8,10H,4-5,7,9H2,1H3,(H,20,21). The van der Waals surface area contributed by atoms with Crippen LogP contribution in [0.5, 0.6) is 0 Å². The molecule has 0 saturated carbocycles. The van der Waals surface area contributed by atoms with Gasteiger partial charge in [0.25, 0.3) is 0 Å². The van der Waals surface area contributed by atoms with Crippen LogP contribution < -0.4 is 10.2 Å². The number of thiazole rings is 1. The van der Waals surface area contributed by atoms with Crippen molar-refractivity contribution in [2.45, 2.75) is 25.7 Å². The predicted molar refractivity (Wildman–Crippen MR) is 86.3 cm³/mol. The molecule has 5 nitrogen and oxygen atoms in total. The summed E-state index contributed by atoms with van der Waals surface area (Å²) >= 11 is 0.595. The van der Waals surface area contributed by atoms with Crippen molar-refractivity contribution in [2.75, 3.05) is 29.9 Å². The van der Waals surface area contributed by atoms with Gasteiger partial charge < -0.3 is 15.0 Å². The Morgan fingerprint density at radius 1 is 1.33 bits per heavy atom. The van der Waals surface area contributed by atoms with E-state index in [9.17, 15) is 13.2 Å². The molecule has 1 saturated heterocycles. The number of rotatable bonds is 4. The highest BCUT2D eigenvalue weighted by molar-refractivity contribution is 7.15. The molecule has 0 amide bonds. The summed E-state index contributed by atoms with van der Waals surface area (Å²) in [5.74, 6) is 0.877. The van der Waals surface area contributed by atoms with Crippen LogP contribution in [0, 0.1) is 0 Å². The number of morpholine rings is 1. The summed E-state index contributed by atoms with van der Waals surface area (Å²) in [6.07, 6.45) is -1.61. The van der Waals surface area contributed by atoms with Gasteiger partial charge in [-0.15, -0.1) is 0 Å². The molecule has 2 aromatic heterocycles. The molecule has 1 atom stereocenters. The Morgan fingerprint density at radius 3 is 2.79 bits per heavy atom. The fraction of sp³-hybridized carbons (Fsp3) is 0.467. The van der Waals surface area contributed by atoms with Gasteiger partial charge in [0.1, 0.15) is 10.7 Å². The molecule has 1 unspecified atom stereocenters. The third kappa shape index (κ3) is 4.15. The zero-order chi connectivity index (χ0) is 17.2. The highest BCUT2D eigenvalue weighted by Gasteiger charge is 2.33. The number of hydrogen-bond acceptors (Lipinski definition) is 6. The fourth-order valence-corrected chi connectivity index (χ4v) is 3.08. The number of aromatic nitrogens is 2. The van der Waals surface area contributed by atoms with E-state index in [1.807, 2.05) is 19.1 Å². The number of ether oxygens (including phenoxy) is 1. The van der Waals surface area contributed by atoms with Gasteiger partial charge in [0.15, 0.2) is 5.13 Å². The number of alkyl halides is 3. The van der Waals surface area contributed by atoms with Crippen molar-refractivity contribution in [3.8, 4) is 0 Å². The number of nitrogens with zero attached hydrogens (tertiary/aromatic N) is 3. The number of nitrogens with one attached hydrogen (secondary N) is 1. The Kier molecular flexibility index (Phi) is 4.91. The van der Waals surface area contributed by atoms with Gasteiger partial charge in [-0.05, 0) is 18.6 Å². The molecular formula is C15H17F3N4OS. The summed E-state index contributed by atoms with van der Waals surface area (Å²) in [5, 5.41) is 3.14. The third-order valence-electron chi connectivity index (χ3n) is 3.60. The Balaban J connectivity index is 1.57. The minimum absolute atomic E-state index is 0.176. The van der Waals surface area contributed by atoms with Gasteiger partial charge in [0, 0.05) is 25.8 Å². The van der Waals surface area contributed by atoms with E-state index in [0.29, 0.717) is 24.5 Å². The SMILES string of the molecule is CC1CN(c2ccc(CNc3ncc(C(F)(F)F)s3)cn2)CCO1. The zero-order valence-electron chi connectivity index (χ0n) is 13.0. The monoisotopic (exact) mass is 358 g/mol. The molecular weight excluding hydrogens is 341 g/mol. The molecule has 3 rings (SSSR count). The van der Waals surface area contributed by atoms with E-state index in [-0.39, 0.29) is 11.2 Å². The van der Waals surface area contributed by atoms with Crippen LogP contribution in [0.15, 0.2) is 24.5 Å². The second-order valence-electron chi connectivity index (χ2n) is 5.53. The smallest absolute Gasteiger partial charge is 0.375 e. The summed E-state index contributed by atoms with van der Waals surface area (Å²) in [6, 6.07) is 3.83. The molecule has 0 radical (unpaired) electrons. The van der Waals surface area contributed by atoms with Crippen LogP contribution in [-0.4, -0.2) is 35.8 Å². The van der Waals surface area contributed by atoms with Crippen LogP contribution in [0.1, 0.15) is 17.4 Å². The molecule has 0 spiro atoms. The van der Waals surface area contributed by atoms with Crippen LogP contribution in [0.4, 0.5) is 24.1 Å². The van der Waals surface area contributed by atoms with Gasteiger partial charge in [0.05, 0.1) is 18.9 Å². The summed E-state index contributed by atoms with van der Waals surface area (Å²) in [4.78, 5) is 9.61. The molecule has 1 N–H and O–H groups in total. The Labute approximate surface area is 141 Å². The van der Waals surface area contributed by atoms with Crippen LogP contribution >= 0.6 is 11.3 Å². The summed E-state index contributed by atoms with van der Waals surface area (Å²) in [5.41, 5.74) is 0.879. The maximum atomic E-state index is 12.5. The minimum atomic E-state index is -4.35. The van der Waals surface area contributed by atoms with Gasteiger partial charge in [0.2, 0.25) is 0 Å². The van der Waals surface area contributed by atoms with Crippen molar-refractivity contribution in [1.29, 1.82) is 0 Å². The minimum Gasteiger partial charge on any atom is -0.375 e. The maximum absolute atomic E-state index is 12.5. The van der Waals surface area contributed by atoms with Crippen LogP contribution in [-0.2, 0) is 17.5 Å². The molecule has 1 aliphatic rings. The van der Waals surface area contributed by atoms with Gasteiger partial charge in [-0.1, -0.05) is 17.4 Å². The van der Waals surface area contributed by atoms with Crippen molar-refractivity contribution in [2.24, 2.45) is 0 Å². The fourth-order valence-electron chi connectivity index (χ4n) is 2.40. The molecule has 0 aliphatic carbocycles. The number of anilines is 2. The molecule has 3 heterocycles. The van der Waals surface area contributed by atoms with Gasteiger partial charge in [-0.2, -0.15) is 13.2 Å². The van der Waals surface area contributed by atoms with Gasteiger partial charge >= 0.3 is 6.18 Å². The first-order chi connectivity index (χ1) is 11.4. The van der Waals surface area contributed by atoms with Crippen LogP contribution in [0.25, 0.3) is 0 Å². The number of halogens is 3. The van der Waals surface area contributed by atoms with E-state index in [4.69, 9.17) is 4.74 Å². The quantitative estimate of drug-likeness (QED) is 0.908. The average molecular weight is 358 g/mol. The van der Waals surface area contributed by atoms with Crippen molar-refractivity contribution in [1.82, 2.24) is 9.97 Å². The second-order valence-corrected chi connectivity index (χ2v) is 6.56. The molecule has 24 heavy (non-hydrogen) atoms. The van der Waals surface area contributed by atoms with E-state index < -0.39 is 11.1 Å². The van der Waals surface area contributed by atoms with E-state index in [0.717, 1.165) is 30.7 Å². The Hall–Kier alpha value is -1.87. The first kappa shape index (κ1) is 17.0. The predicted octanol–water partition coefficient (Wildman–Crippen LogP) is 3.39. The molecule has 2 aromatic rings. The molecule has 9 heteroatoms. The van der Waals surface area contributed by atoms with E-state index in [1.54, 1.807) is 6.20 Å². The van der Waals surface area contributed by atoms with Crippen molar-refractivity contribution < 1.29 is 17.9 Å². The molecule has 1 aliphatic heterocycles. The maximum Gasteiger partial charge on any atom is 0.427 e. The Morgan fingerprint density at radius 2 is 2.17 bits per heavy atom. The first-order valence-corrected chi connectivity index (χ1v) is 8.32. The average Bonchev–Trinajstić information content (AvgIpc) is 3.03. The highest BCUT2D eigenvalue weighted by Crippen LogP contribution is 2.35. The Bertz CT molecular complexity index is 674. The third-order valence-corrected chi connectivity index (χ3v) is 4.60. The lowest BCUT2D eigenvalue weighted by atomic mass is 10.2. The van der Waals surface area contributed by atoms with E-state index >= 15 is 0 Å². The largest absolute Gasteiger partial charge is 0.427 e. The highest BCUT2D eigenvalue weighted by atomic mass is 32.1. The van der Waals surface area contributed by atoms with Crippen molar-refractivity contribution in [3.63, 3.8) is 0 Å². The second kappa shape index (κ2) is 6.94. The first-order valence-electron chi connectivity index (χ1n) is 7.50. The molecule has 0 aromatic carbocycles. The van der Waals surface area contributed by atoms with Crippen molar-refractivity contribution in [3.05, 3.63) is 35.0 Å². The van der Waals surface area contributed by atoms with Crippen molar-refractivity contribution >= 4 is 22.3 Å². The van der Waals surface area contributed by atoms with Crippen LogP contribution in [0.2, 0.25) is 0 Å². The van der Waals surface area contributed by atoms with Crippen LogP contribution in [0.3, 0.4) is 0 Å². The lowest BCUT2D eigenvalue weighted by Crippen LogP contribution is -2.41. The summed E-state index contributed by atoms with van der Waals surface area (Å²) in [7, 11) is 0.